The van der Waals surface area contributed by atoms with E-state index in [4.69, 9.17) is 4.74 Å². The molecule has 0 bridgehead atoms. The molecule has 5 heteroatoms. The van der Waals surface area contributed by atoms with E-state index < -0.39 is 10.8 Å². The highest BCUT2D eigenvalue weighted by Gasteiger charge is 2.25. The first-order valence-corrected chi connectivity index (χ1v) is 6.37. The number of halogens is 2. The van der Waals surface area contributed by atoms with E-state index in [0.29, 0.717) is 5.56 Å². The summed E-state index contributed by atoms with van der Waals surface area (Å²) in [6.45, 7) is 1.95. The number of carbonyl (C=O) groups is 2. The molecule has 1 atom stereocenters. The molecule has 0 N–H and O–H groups in total. The Balaban J connectivity index is 2.78. The number of ether oxygens (including phenoxy) is 1. The maximum atomic E-state index is 11.8. The van der Waals surface area contributed by atoms with Crippen molar-refractivity contribution >= 4 is 43.6 Å². The molecule has 0 spiro atoms. The zero-order valence-electron chi connectivity index (χ0n) is 8.57. The summed E-state index contributed by atoms with van der Waals surface area (Å²) >= 11 is 6.30. The van der Waals surface area contributed by atoms with E-state index in [1.807, 2.05) is 0 Å². The Morgan fingerprint density at radius 3 is 2.38 bits per heavy atom. The van der Waals surface area contributed by atoms with Crippen molar-refractivity contribution < 1.29 is 14.3 Å². The minimum absolute atomic E-state index is 0.258. The van der Waals surface area contributed by atoms with Gasteiger partial charge in [-0.15, -0.1) is 0 Å². The van der Waals surface area contributed by atoms with Gasteiger partial charge in [-0.05, 0) is 19.1 Å². The van der Waals surface area contributed by atoms with E-state index in [1.54, 1.807) is 31.2 Å². The minimum Gasteiger partial charge on any atom is -0.465 e. The van der Waals surface area contributed by atoms with Gasteiger partial charge in [-0.25, -0.2) is 0 Å². The number of rotatable bonds is 4. The molecule has 0 fully saturated rings. The molecule has 0 saturated heterocycles. The number of carbonyl (C=O) groups excluding carboxylic acids is 2. The fraction of sp³-hybridized carbons (Fsp3) is 0.273. The van der Waals surface area contributed by atoms with Crippen LogP contribution in [0.2, 0.25) is 0 Å². The van der Waals surface area contributed by atoms with Crippen LogP contribution < -0.4 is 0 Å². The molecule has 0 aliphatic rings. The second kappa shape index (κ2) is 6.15. The van der Waals surface area contributed by atoms with Gasteiger partial charge in [0, 0.05) is 10.0 Å². The van der Waals surface area contributed by atoms with Crippen LogP contribution in [0.3, 0.4) is 0 Å². The lowest BCUT2D eigenvalue weighted by atomic mass is 10.1. The third kappa shape index (κ3) is 3.42. The molecule has 0 aliphatic heterocycles. The third-order valence-electron chi connectivity index (χ3n) is 1.85. The van der Waals surface area contributed by atoms with Crippen LogP contribution in [0.15, 0.2) is 28.7 Å². The Morgan fingerprint density at radius 1 is 1.31 bits per heavy atom. The Morgan fingerprint density at radius 2 is 1.88 bits per heavy atom. The lowest BCUT2D eigenvalue weighted by Gasteiger charge is -2.07. The summed E-state index contributed by atoms with van der Waals surface area (Å²) in [5.41, 5.74) is 0.470. The lowest BCUT2D eigenvalue weighted by Crippen LogP contribution is -2.26. The average molecular weight is 350 g/mol. The van der Waals surface area contributed by atoms with Gasteiger partial charge >= 0.3 is 5.97 Å². The maximum absolute atomic E-state index is 11.8. The average Bonchev–Trinajstić information content (AvgIpc) is 2.28. The standard InChI is InChI=1S/C11H10Br2O3/c1-2-16-11(15)9(13)10(14)7-3-5-8(12)6-4-7/h3-6,9H,2H2,1H3. The van der Waals surface area contributed by atoms with Crippen LogP contribution in [0.25, 0.3) is 0 Å². The van der Waals surface area contributed by atoms with Crippen molar-refractivity contribution in [2.24, 2.45) is 0 Å². The highest BCUT2D eigenvalue weighted by molar-refractivity contribution is 9.10. The van der Waals surface area contributed by atoms with Crippen LogP contribution in [-0.2, 0) is 9.53 Å². The van der Waals surface area contributed by atoms with Crippen molar-refractivity contribution in [2.45, 2.75) is 11.8 Å². The Kier molecular flexibility index (Phi) is 5.15. The van der Waals surface area contributed by atoms with Crippen molar-refractivity contribution in [3.8, 4) is 0 Å². The van der Waals surface area contributed by atoms with Gasteiger partial charge < -0.3 is 4.74 Å². The van der Waals surface area contributed by atoms with Crippen LogP contribution in [0.1, 0.15) is 17.3 Å². The van der Waals surface area contributed by atoms with Gasteiger partial charge in [0.05, 0.1) is 6.61 Å². The summed E-state index contributed by atoms with van der Waals surface area (Å²) in [5, 5.41) is 0. The molecule has 0 radical (unpaired) electrons. The van der Waals surface area contributed by atoms with Gasteiger partial charge in [0.15, 0.2) is 10.6 Å². The summed E-state index contributed by atoms with van der Waals surface area (Å²) in [6, 6.07) is 6.80. The van der Waals surface area contributed by atoms with Crippen molar-refractivity contribution in [1.82, 2.24) is 0 Å². The molecule has 3 nitrogen and oxygen atoms in total. The Hall–Kier alpha value is -0.680. The smallest absolute Gasteiger partial charge is 0.327 e. The third-order valence-corrected chi connectivity index (χ3v) is 3.17. The SMILES string of the molecule is CCOC(=O)C(Br)C(=O)c1ccc(Br)cc1. The molecule has 86 valence electrons. The van der Waals surface area contributed by atoms with Crippen molar-refractivity contribution in [2.75, 3.05) is 6.61 Å². The summed E-state index contributed by atoms with van der Waals surface area (Å²) in [4.78, 5) is 22.2. The highest BCUT2D eigenvalue weighted by Crippen LogP contribution is 2.15. The van der Waals surface area contributed by atoms with Gasteiger partial charge in [0.25, 0.3) is 0 Å². The fourth-order valence-corrected chi connectivity index (χ4v) is 1.74. The van der Waals surface area contributed by atoms with Gasteiger partial charge in [-0.2, -0.15) is 0 Å². The number of Topliss-reactive ketones (excluding diaryl/α,β-unsaturated/α-hetero) is 1. The largest absolute Gasteiger partial charge is 0.465 e. The molecular formula is C11H10Br2O3. The predicted octanol–water partition coefficient (Wildman–Crippen LogP) is 2.96. The topological polar surface area (TPSA) is 43.4 Å². The van der Waals surface area contributed by atoms with E-state index in [0.717, 1.165) is 4.47 Å². The van der Waals surface area contributed by atoms with Crippen LogP contribution >= 0.6 is 31.9 Å². The van der Waals surface area contributed by atoms with Crippen molar-refractivity contribution in [1.29, 1.82) is 0 Å². The van der Waals surface area contributed by atoms with Crippen molar-refractivity contribution in [3.63, 3.8) is 0 Å². The highest BCUT2D eigenvalue weighted by atomic mass is 79.9. The van der Waals surface area contributed by atoms with Crippen LogP contribution in [0.5, 0.6) is 0 Å². The van der Waals surface area contributed by atoms with Gasteiger partial charge in [-0.3, -0.25) is 9.59 Å². The Labute approximate surface area is 110 Å². The van der Waals surface area contributed by atoms with Crippen LogP contribution in [0.4, 0.5) is 0 Å². The van der Waals surface area contributed by atoms with E-state index >= 15 is 0 Å². The molecular weight excluding hydrogens is 340 g/mol. The lowest BCUT2D eigenvalue weighted by molar-refractivity contribution is -0.141. The molecule has 1 rings (SSSR count). The first-order chi connectivity index (χ1) is 7.56. The first kappa shape index (κ1) is 13.4. The normalized spacial score (nSPS) is 11.9. The monoisotopic (exact) mass is 348 g/mol. The maximum Gasteiger partial charge on any atom is 0.327 e. The minimum atomic E-state index is -0.936. The molecule has 0 aliphatic carbocycles. The van der Waals surface area contributed by atoms with Crippen molar-refractivity contribution in [3.05, 3.63) is 34.3 Å². The zero-order chi connectivity index (χ0) is 12.1. The number of benzene rings is 1. The quantitative estimate of drug-likeness (QED) is 0.363. The number of alkyl halides is 1. The molecule has 0 saturated carbocycles. The molecule has 1 aromatic rings. The summed E-state index contributed by atoms with van der Waals surface area (Å²) in [7, 11) is 0. The zero-order valence-corrected chi connectivity index (χ0v) is 11.7. The molecule has 1 aromatic carbocycles. The molecule has 0 amide bonds. The Bertz CT molecular complexity index is 387. The van der Waals surface area contributed by atoms with E-state index in [1.165, 1.54) is 0 Å². The summed E-state index contributed by atoms with van der Waals surface area (Å²) < 4.78 is 5.63. The van der Waals surface area contributed by atoms with Gasteiger partial charge in [0.1, 0.15) is 0 Å². The predicted molar refractivity (Wildman–Crippen MR) is 67.8 cm³/mol. The molecule has 0 aromatic heterocycles. The fourth-order valence-electron chi connectivity index (χ4n) is 1.08. The molecule has 0 heterocycles. The number of hydrogen-bond donors (Lipinski definition) is 0. The van der Waals surface area contributed by atoms with Crippen LogP contribution in [0, 0.1) is 0 Å². The number of ketones is 1. The molecule has 16 heavy (non-hydrogen) atoms. The van der Waals surface area contributed by atoms with E-state index in [9.17, 15) is 9.59 Å². The van der Waals surface area contributed by atoms with E-state index in [-0.39, 0.29) is 12.4 Å². The second-order valence-electron chi connectivity index (χ2n) is 2.99. The van der Waals surface area contributed by atoms with E-state index in [2.05, 4.69) is 31.9 Å². The van der Waals surface area contributed by atoms with Crippen LogP contribution in [-0.4, -0.2) is 23.2 Å². The summed E-state index contributed by atoms with van der Waals surface area (Å²) in [6.07, 6.45) is 0. The molecule has 1 unspecified atom stereocenters. The van der Waals surface area contributed by atoms with Gasteiger partial charge in [0.2, 0.25) is 0 Å². The first-order valence-electron chi connectivity index (χ1n) is 4.66. The number of hydrogen-bond acceptors (Lipinski definition) is 3. The number of esters is 1. The van der Waals surface area contributed by atoms with Gasteiger partial charge in [-0.1, -0.05) is 44.0 Å². The second-order valence-corrected chi connectivity index (χ2v) is 4.82. The summed E-state index contributed by atoms with van der Waals surface area (Å²) in [5.74, 6) is -0.860.